The summed E-state index contributed by atoms with van der Waals surface area (Å²) in [4.78, 5) is 27.7. The second kappa shape index (κ2) is 9.78. The molecule has 6 heteroatoms. The van der Waals surface area contributed by atoms with E-state index in [4.69, 9.17) is 0 Å². The van der Waals surface area contributed by atoms with Crippen molar-refractivity contribution in [2.24, 2.45) is 46.3 Å². The van der Waals surface area contributed by atoms with Crippen molar-refractivity contribution in [1.82, 2.24) is 9.80 Å². The quantitative estimate of drug-likeness (QED) is 0.522. The molecule has 1 aliphatic heterocycles. The van der Waals surface area contributed by atoms with Crippen LogP contribution in [0.4, 0.5) is 4.79 Å². The van der Waals surface area contributed by atoms with E-state index in [2.05, 4.69) is 20.8 Å². The SMILES string of the molecule is CC(CCC(=O)N1CCN(C(=O)O)[C@@H](C)C1)[C@H]1CC[C@H]2[C@@H]3CC[C@H]4C[C@@H](O)CC[C@]4(C)[C@H]3CC[C@]12C. The molecule has 0 aromatic carbocycles. The number of fused-ring (bicyclic) bond motifs is 5. The summed E-state index contributed by atoms with van der Waals surface area (Å²) in [6.07, 6.45) is 11.9. The van der Waals surface area contributed by atoms with Crippen LogP contribution in [0, 0.1) is 46.3 Å². The number of aliphatic hydroxyl groups is 1. The second-order valence-electron chi connectivity index (χ2n) is 14.0. The van der Waals surface area contributed by atoms with Gasteiger partial charge in [-0.25, -0.2) is 4.79 Å². The molecule has 5 fully saturated rings. The van der Waals surface area contributed by atoms with Crippen LogP contribution in [-0.2, 0) is 4.79 Å². The lowest BCUT2D eigenvalue weighted by molar-refractivity contribution is -0.135. The van der Waals surface area contributed by atoms with E-state index >= 15 is 0 Å². The van der Waals surface area contributed by atoms with Gasteiger partial charge in [0.15, 0.2) is 0 Å². The van der Waals surface area contributed by atoms with Gasteiger partial charge in [-0.15, -0.1) is 0 Å². The van der Waals surface area contributed by atoms with Crippen LogP contribution in [-0.4, -0.2) is 63.8 Å². The Bertz CT molecular complexity index is 849. The zero-order chi connectivity index (χ0) is 25.8. The van der Waals surface area contributed by atoms with Crippen molar-refractivity contribution in [3.63, 3.8) is 0 Å². The number of aliphatic hydroxyl groups excluding tert-OH is 1. The Balaban J connectivity index is 1.19. The standard InChI is InChI=1S/C30H50N2O4/c1-19(5-10-27(34)31-15-16-32(28(35)36)20(2)18-31)24-8-9-25-23-7-6-21-17-22(33)11-13-29(21,3)26(23)12-14-30(24,25)4/h19-26,33H,5-18H2,1-4H3,(H,35,36)/t19?,20-,21-,22-,23-,24+,25-,26-,29-,30+/m0/s1. The highest BCUT2D eigenvalue weighted by Gasteiger charge is 2.60. The number of carbonyl (C=O) groups excluding carboxylic acids is 1. The Kier molecular flexibility index (Phi) is 7.15. The molecule has 6 nitrogen and oxygen atoms in total. The van der Waals surface area contributed by atoms with Gasteiger partial charge in [0.25, 0.3) is 0 Å². The van der Waals surface area contributed by atoms with Crippen molar-refractivity contribution in [2.45, 2.75) is 110 Å². The Morgan fingerprint density at radius 2 is 1.69 bits per heavy atom. The topological polar surface area (TPSA) is 81.1 Å². The number of hydrogen-bond donors (Lipinski definition) is 2. The molecule has 0 bridgehead atoms. The van der Waals surface area contributed by atoms with E-state index in [9.17, 15) is 19.8 Å². The molecule has 36 heavy (non-hydrogen) atoms. The van der Waals surface area contributed by atoms with Gasteiger partial charge in [-0.1, -0.05) is 20.8 Å². The Morgan fingerprint density at radius 1 is 0.972 bits per heavy atom. The van der Waals surface area contributed by atoms with Gasteiger partial charge in [-0.05, 0) is 117 Å². The average Bonchev–Trinajstić information content (AvgIpc) is 3.19. The van der Waals surface area contributed by atoms with Gasteiger partial charge in [-0.3, -0.25) is 4.79 Å². The lowest BCUT2D eigenvalue weighted by Crippen LogP contribution is -2.55. The van der Waals surface area contributed by atoms with E-state index in [1.165, 1.54) is 49.8 Å². The number of hydrogen-bond acceptors (Lipinski definition) is 3. The summed E-state index contributed by atoms with van der Waals surface area (Å²) in [6, 6.07) is -0.133. The number of piperazine rings is 1. The molecule has 2 N–H and O–H groups in total. The molecule has 4 aliphatic carbocycles. The fraction of sp³-hybridized carbons (Fsp3) is 0.933. The summed E-state index contributed by atoms with van der Waals surface area (Å²) in [6.45, 7) is 10.9. The molecule has 1 unspecified atom stereocenters. The average molecular weight is 503 g/mol. The minimum absolute atomic E-state index is 0.0721. The van der Waals surface area contributed by atoms with Crippen LogP contribution in [0.15, 0.2) is 0 Å². The molecular weight excluding hydrogens is 452 g/mol. The van der Waals surface area contributed by atoms with E-state index in [1.54, 1.807) is 0 Å². The first-order chi connectivity index (χ1) is 17.0. The molecule has 2 amide bonds. The fourth-order valence-electron chi connectivity index (χ4n) is 10.4. The predicted molar refractivity (Wildman–Crippen MR) is 140 cm³/mol. The number of amides is 2. The summed E-state index contributed by atoms with van der Waals surface area (Å²) < 4.78 is 0. The van der Waals surface area contributed by atoms with Crippen molar-refractivity contribution >= 4 is 12.0 Å². The molecule has 4 saturated carbocycles. The first-order valence-corrected chi connectivity index (χ1v) is 15.0. The molecule has 1 heterocycles. The van der Waals surface area contributed by atoms with Crippen molar-refractivity contribution in [3.05, 3.63) is 0 Å². The Morgan fingerprint density at radius 3 is 2.42 bits per heavy atom. The number of carboxylic acid groups (broad SMARTS) is 1. The van der Waals surface area contributed by atoms with Gasteiger partial charge in [-0.2, -0.15) is 0 Å². The van der Waals surface area contributed by atoms with Gasteiger partial charge in [0, 0.05) is 32.1 Å². The highest BCUT2D eigenvalue weighted by Crippen LogP contribution is 2.68. The van der Waals surface area contributed by atoms with Gasteiger partial charge in [0.1, 0.15) is 0 Å². The molecule has 0 aromatic heterocycles. The zero-order valence-electron chi connectivity index (χ0n) is 23.1. The maximum Gasteiger partial charge on any atom is 0.407 e. The van der Waals surface area contributed by atoms with Gasteiger partial charge in [0.05, 0.1) is 6.10 Å². The van der Waals surface area contributed by atoms with Crippen molar-refractivity contribution < 1.29 is 19.8 Å². The first-order valence-electron chi connectivity index (χ1n) is 15.0. The highest BCUT2D eigenvalue weighted by atomic mass is 16.4. The predicted octanol–water partition coefficient (Wildman–Crippen LogP) is 5.63. The molecule has 10 atom stereocenters. The van der Waals surface area contributed by atoms with Crippen LogP contribution in [0.3, 0.4) is 0 Å². The zero-order valence-corrected chi connectivity index (χ0v) is 23.1. The van der Waals surface area contributed by atoms with Crippen LogP contribution in [0.2, 0.25) is 0 Å². The lowest BCUT2D eigenvalue weighted by atomic mass is 9.44. The molecule has 0 spiro atoms. The first kappa shape index (κ1) is 26.3. The third kappa shape index (κ3) is 4.37. The fourth-order valence-corrected chi connectivity index (χ4v) is 10.4. The minimum atomic E-state index is -0.884. The summed E-state index contributed by atoms with van der Waals surface area (Å²) in [5.41, 5.74) is 0.837. The summed E-state index contributed by atoms with van der Waals surface area (Å²) in [7, 11) is 0. The highest BCUT2D eigenvalue weighted by molar-refractivity contribution is 5.76. The maximum absolute atomic E-state index is 13.0. The Labute approximate surface area is 218 Å². The van der Waals surface area contributed by atoms with E-state index in [1.807, 2.05) is 11.8 Å². The van der Waals surface area contributed by atoms with Gasteiger partial charge >= 0.3 is 6.09 Å². The van der Waals surface area contributed by atoms with Crippen molar-refractivity contribution in [2.75, 3.05) is 19.6 Å². The van der Waals surface area contributed by atoms with Gasteiger partial charge < -0.3 is 20.0 Å². The lowest BCUT2D eigenvalue weighted by Gasteiger charge is -2.61. The normalized spacial score (nSPS) is 45.4. The molecule has 1 saturated heterocycles. The smallest absolute Gasteiger partial charge is 0.407 e. The van der Waals surface area contributed by atoms with E-state index < -0.39 is 6.09 Å². The van der Waals surface area contributed by atoms with Crippen LogP contribution in [0.1, 0.15) is 98.3 Å². The summed E-state index contributed by atoms with van der Waals surface area (Å²) >= 11 is 0. The van der Waals surface area contributed by atoms with Gasteiger partial charge in [0.2, 0.25) is 5.91 Å². The van der Waals surface area contributed by atoms with E-state index in [0.29, 0.717) is 54.6 Å². The number of rotatable bonds is 4. The number of nitrogens with zero attached hydrogens (tertiary/aromatic N) is 2. The van der Waals surface area contributed by atoms with Crippen LogP contribution < -0.4 is 0 Å². The molecule has 5 rings (SSSR count). The molecule has 5 aliphatic rings. The third-order valence-electron chi connectivity index (χ3n) is 12.4. The Hall–Kier alpha value is -1.30. The van der Waals surface area contributed by atoms with Crippen molar-refractivity contribution in [1.29, 1.82) is 0 Å². The van der Waals surface area contributed by atoms with Crippen LogP contribution in [0.5, 0.6) is 0 Å². The maximum atomic E-state index is 13.0. The molecule has 204 valence electrons. The van der Waals surface area contributed by atoms with Crippen molar-refractivity contribution in [3.8, 4) is 0 Å². The van der Waals surface area contributed by atoms with E-state index in [-0.39, 0.29) is 18.1 Å². The van der Waals surface area contributed by atoms with Crippen LogP contribution >= 0.6 is 0 Å². The largest absolute Gasteiger partial charge is 0.465 e. The molecule has 0 radical (unpaired) electrons. The monoisotopic (exact) mass is 502 g/mol. The van der Waals surface area contributed by atoms with Crippen LogP contribution in [0.25, 0.3) is 0 Å². The third-order valence-corrected chi connectivity index (χ3v) is 12.4. The van der Waals surface area contributed by atoms with E-state index in [0.717, 1.165) is 37.0 Å². The summed E-state index contributed by atoms with van der Waals surface area (Å²) in [5.74, 6) is 4.69. The second-order valence-corrected chi connectivity index (χ2v) is 14.0. The molecule has 0 aromatic rings. The minimum Gasteiger partial charge on any atom is -0.465 e. The molecular formula is C30H50N2O4. The summed E-state index contributed by atoms with van der Waals surface area (Å²) in [5, 5.41) is 19.6. The number of carbonyl (C=O) groups is 2.